The number of benzene rings is 3. The van der Waals surface area contributed by atoms with Gasteiger partial charge < -0.3 is 9.80 Å². The maximum atomic E-state index is 13.0. The largest absolute Gasteiger partial charge is 0.378 e. The highest BCUT2D eigenvalue weighted by atomic mass is 32.2. The predicted molar refractivity (Wildman–Crippen MR) is 116 cm³/mol. The summed E-state index contributed by atoms with van der Waals surface area (Å²) in [5, 5.41) is 1.64. The van der Waals surface area contributed by atoms with Gasteiger partial charge in [-0.15, -0.1) is 0 Å². The topological polar surface area (TPSA) is 52.7 Å². The lowest BCUT2D eigenvalue weighted by molar-refractivity contribution is 0.299. The number of nitrogens with zero attached hydrogens (tertiary/aromatic N) is 2. The van der Waals surface area contributed by atoms with Gasteiger partial charge in [0.1, 0.15) is 0 Å². The van der Waals surface area contributed by atoms with E-state index >= 15 is 0 Å². The van der Waals surface area contributed by atoms with E-state index in [0.29, 0.717) is 11.4 Å². The molecule has 148 valence electrons. The molecule has 1 atom stereocenters. The van der Waals surface area contributed by atoms with Crippen molar-refractivity contribution in [2.75, 3.05) is 39.6 Å². The van der Waals surface area contributed by atoms with Gasteiger partial charge >= 0.3 is 0 Å². The van der Waals surface area contributed by atoms with Gasteiger partial charge in [-0.25, -0.2) is 13.1 Å². The summed E-state index contributed by atoms with van der Waals surface area (Å²) in [5.74, 6) is 0. The SMILES string of the molecule is CN(C)c1ccc(C(CNS(=O)(=O)c2cccc3ccccc23)N(C)C)cc1. The Labute approximate surface area is 167 Å². The number of fused-ring (bicyclic) bond motifs is 1. The molecule has 6 heteroatoms. The number of sulfonamides is 1. The van der Waals surface area contributed by atoms with Gasteiger partial charge in [-0.05, 0) is 43.2 Å². The smallest absolute Gasteiger partial charge is 0.241 e. The van der Waals surface area contributed by atoms with Crippen molar-refractivity contribution in [1.29, 1.82) is 0 Å². The fraction of sp³-hybridized carbons (Fsp3) is 0.273. The van der Waals surface area contributed by atoms with Crippen LogP contribution in [0.1, 0.15) is 11.6 Å². The highest BCUT2D eigenvalue weighted by Gasteiger charge is 2.21. The molecule has 0 bridgehead atoms. The maximum Gasteiger partial charge on any atom is 0.241 e. The summed E-state index contributed by atoms with van der Waals surface area (Å²) in [6.07, 6.45) is 0. The van der Waals surface area contributed by atoms with Crippen LogP contribution in [0, 0.1) is 0 Å². The van der Waals surface area contributed by atoms with Crippen LogP contribution >= 0.6 is 0 Å². The monoisotopic (exact) mass is 397 g/mol. The molecular weight excluding hydrogens is 370 g/mol. The van der Waals surface area contributed by atoms with Crippen LogP contribution < -0.4 is 9.62 Å². The number of likely N-dealkylation sites (N-methyl/N-ethyl adjacent to an activating group) is 1. The Kier molecular flexibility index (Phi) is 6.03. The summed E-state index contributed by atoms with van der Waals surface area (Å²) < 4.78 is 28.8. The van der Waals surface area contributed by atoms with Crippen molar-refractivity contribution in [3.8, 4) is 0 Å². The second-order valence-electron chi connectivity index (χ2n) is 7.29. The minimum atomic E-state index is -3.63. The molecule has 28 heavy (non-hydrogen) atoms. The zero-order valence-electron chi connectivity index (χ0n) is 16.8. The second kappa shape index (κ2) is 8.31. The fourth-order valence-corrected chi connectivity index (χ4v) is 4.56. The van der Waals surface area contributed by atoms with E-state index in [1.165, 1.54) is 0 Å². The summed E-state index contributed by atoms with van der Waals surface area (Å²) in [6.45, 7) is 0.292. The molecular formula is C22H27N3O2S. The molecule has 0 spiro atoms. The van der Waals surface area contributed by atoms with Crippen molar-refractivity contribution in [3.05, 3.63) is 72.3 Å². The number of nitrogens with one attached hydrogen (secondary N) is 1. The van der Waals surface area contributed by atoms with Crippen LogP contribution in [0.15, 0.2) is 71.6 Å². The normalized spacial score (nSPS) is 13.0. The Hall–Kier alpha value is -2.41. The Morgan fingerprint density at radius 3 is 2.14 bits per heavy atom. The lowest BCUT2D eigenvalue weighted by atomic mass is 10.1. The third kappa shape index (κ3) is 4.35. The van der Waals surface area contributed by atoms with Gasteiger partial charge in [0.15, 0.2) is 0 Å². The van der Waals surface area contributed by atoms with Crippen molar-refractivity contribution in [2.24, 2.45) is 0 Å². The molecule has 1 N–H and O–H groups in total. The molecule has 0 saturated heterocycles. The first-order chi connectivity index (χ1) is 13.3. The predicted octanol–water partition coefficient (Wildman–Crippen LogP) is 3.49. The third-order valence-electron chi connectivity index (χ3n) is 4.92. The first-order valence-corrected chi connectivity index (χ1v) is 10.7. The summed E-state index contributed by atoms with van der Waals surface area (Å²) in [5.41, 5.74) is 2.17. The van der Waals surface area contributed by atoms with E-state index in [-0.39, 0.29) is 6.04 Å². The first-order valence-electron chi connectivity index (χ1n) is 9.21. The van der Waals surface area contributed by atoms with Gasteiger partial charge in [-0.2, -0.15) is 0 Å². The quantitative estimate of drug-likeness (QED) is 0.663. The average molecular weight is 398 g/mol. The lowest BCUT2D eigenvalue weighted by Gasteiger charge is -2.26. The van der Waals surface area contributed by atoms with E-state index in [0.717, 1.165) is 22.0 Å². The molecule has 3 rings (SSSR count). The van der Waals surface area contributed by atoms with Crippen LogP contribution in [0.25, 0.3) is 10.8 Å². The van der Waals surface area contributed by atoms with Crippen molar-refractivity contribution < 1.29 is 8.42 Å². The molecule has 5 nitrogen and oxygen atoms in total. The summed E-state index contributed by atoms with van der Waals surface area (Å²) >= 11 is 0. The zero-order chi connectivity index (χ0) is 20.3. The highest BCUT2D eigenvalue weighted by molar-refractivity contribution is 7.89. The maximum absolute atomic E-state index is 13.0. The minimum absolute atomic E-state index is 0.0686. The molecule has 0 saturated carbocycles. The average Bonchev–Trinajstić information content (AvgIpc) is 2.67. The summed E-state index contributed by atoms with van der Waals surface area (Å²) in [4.78, 5) is 4.37. The van der Waals surface area contributed by atoms with E-state index in [1.807, 2.05) is 92.6 Å². The van der Waals surface area contributed by atoms with E-state index in [2.05, 4.69) is 4.72 Å². The Morgan fingerprint density at radius 2 is 1.50 bits per heavy atom. The van der Waals surface area contributed by atoms with E-state index < -0.39 is 10.0 Å². The van der Waals surface area contributed by atoms with Gasteiger partial charge in [-0.3, -0.25) is 0 Å². The van der Waals surface area contributed by atoms with Crippen molar-refractivity contribution >= 4 is 26.5 Å². The number of rotatable bonds is 7. The van der Waals surface area contributed by atoms with Crippen LogP contribution in [0.4, 0.5) is 5.69 Å². The molecule has 0 aromatic heterocycles. The Morgan fingerprint density at radius 1 is 0.857 bits per heavy atom. The standard InChI is InChI=1S/C22H27N3O2S/c1-24(2)19-14-12-18(13-15-19)21(25(3)4)16-23-28(26,27)22-11-7-9-17-8-5-6-10-20(17)22/h5-15,21,23H,16H2,1-4H3. The molecule has 3 aromatic rings. The van der Waals surface area contributed by atoms with Crippen LogP contribution in [0.3, 0.4) is 0 Å². The Balaban J connectivity index is 1.84. The molecule has 3 aromatic carbocycles. The van der Waals surface area contributed by atoms with Gasteiger partial charge in [-0.1, -0.05) is 48.5 Å². The third-order valence-corrected chi connectivity index (χ3v) is 6.41. The number of anilines is 1. The van der Waals surface area contributed by atoms with Gasteiger partial charge in [0, 0.05) is 37.8 Å². The van der Waals surface area contributed by atoms with Gasteiger partial charge in [0.05, 0.1) is 4.90 Å². The molecule has 0 amide bonds. The fourth-order valence-electron chi connectivity index (χ4n) is 3.29. The number of hydrogen-bond donors (Lipinski definition) is 1. The van der Waals surface area contributed by atoms with Crippen molar-refractivity contribution in [2.45, 2.75) is 10.9 Å². The van der Waals surface area contributed by atoms with Crippen LogP contribution in [0.5, 0.6) is 0 Å². The van der Waals surface area contributed by atoms with Gasteiger partial charge in [0.25, 0.3) is 0 Å². The molecule has 0 aliphatic rings. The van der Waals surface area contributed by atoms with E-state index in [4.69, 9.17) is 0 Å². The molecule has 0 fully saturated rings. The van der Waals surface area contributed by atoms with Crippen molar-refractivity contribution in [3.63, 3.8) is 0 Å². The minimum Gasteiger partial charge on any atom is -0.378 e. The Bertz CT molecular complexity index is 1040. The zero-order valence-corrected chi connectivity index (χ0v) is 17.6. The summed E-state index contributed by atoms with van der Waals surface area (Å²) in [7, 11) is 4.27. The van der Waals surface area contributed by atoms with E-state index in [9.17, 15) is 8.42 Å². The first kappa shape index (κ1) is 20.3. The molecule has 0 aliphatic carbocycles. The molecule has 0 heterocycles. The second-order valence-corrected chi connectivity index (χ2v) is 9.03. The lowest BCUT2D eigenvalue weighted by Crippen LogP contribution is -2.34. The van der Waals surface area contributed by atoms with Gasteiger partial charge in [0.2, 0.25) is 10.0 Å². The van der Waals surface area contributed by atoms with Crippen molar-refractivity contribution in [1.82, 2.24) is 9.62 Å². The number of hydrogen-bond acceptors (Lipinski definition) is 4. The molecule has 0 radical (unpaired) electrons. The van der Waals surface area contributed by atoms with Crippen LogP contribution in [-0.2, 0) is 10.0 Å². The highest BCUT2D eigenvalue weighted by Crippen LogP contribution is 2.24. The molecule has 1 unspecified atom stereocenters. The van der Waals surface area contributed by atoms with Crippen LogP contribution in [0.2, 0.25) is 0 Å². The summed E-state index contributed by atoms with van der Waals surface area (Å²) in [6, 6.07) is 21.0. The van der Waals surface area contributed by atoms with Crippen LogP contribution in [-0.4, -0.2) is 48.1 Å². The molecule has 0 aliphatic heterocycles. The van der Waals surface area contributed by atoms with E-state index in [1.54, 1.807) is 12.1 Å².